The quantitative estimate of drug-likeness (QED) is 0.541. The lowest BCUT2D eigenvalue weighted by Crippen LogP contribution is -2.29. The Morgan fingerprint density at radius 1 is 1.26 bits per heavy atom. The van der Waals surface area contributed by atoms with Crippen LogP contribution in [-0.4, -0.2) is 23.2 Å². The van der Waals surface area contributed by atoms with E-state index in [1.54, 1.807) is 30.3 Å². The van der Waals surface area contributed by atoms with Gasteiger partial charge in [0.25, 0.3) is 0 Å². The molecule has 0 spiro atoms. The van der Waals surface area contributed by atoms with Gasteiger partial charge in [-0.1, -0.05) is 29.8 Å². The SMILES string of the molecule is N#Cc1c(C2CCCNC2)cc(-c2c(O)cccc2OCc2ccc(Cl)cc2)nc1N. The monoisotopic (exact) mass is 434 g/mol. The molecular weight excluding hydrogens is 412 g/mol. The van der Waals surface area contributed by atoms with Crippen LogP contribution in [-0.2, 0) is 6.61 Å². The number of aromatic nitrogens is 1. The van der Waals surface area contributed by atoms with Crippen LogP contribution < -0.4 is 15.8 Å². The minimum absolute atomic E-state index is 0.0398. The largest absolute Gasteiger partial charge is 0.507 e. The van der Waals surface area contributed by atoms with Crippen molar-refractivity contribution in [1.29, 1.82) is 5.26 Å². The number of anilines is 1. The Balaban J connectivity index is 1.72. The fourth-order valence-electron chi connectivity index (χ4n) is 3.91. The van der Waals surface area contributed by atoms with E-state index in [1.807, 2.05) is 18.2 Å². The molecule has 1 atom stereocenters. The molecule has 1 aliphatic rings. The average Bonchev–Trinajstić information content (AvgIpc) is 2.79. The molecule has 3 aromatic rings. The molecule has 1 saturated heterocycles. The van der Waals surface area contributed by atoms with E-state index in [-0.39, 0.29) is 17.5 Å². The third-order valence-electron chi connectivity index (χ3n) is 5.49. The van der Waals surface area contributed by atoms with Crippen LogP contribution in [0.5, 0.6) is 11.5 Å². The molecular formula is C24H23ClN4O2. The summed E-state index contributed by atoms with van der Waals surface area (Å²) in [7, 11) is 0. The van der Waals surface area contributed by atoms with Crippen molar-refractivity contribution in [2.24, 2.45) is 0 Å². The Kier molecular flexibility index (Phi) is 6.26. The molecule has 6 nitrogen and oxygen atoms in total. The van der Waals surface area contributed by atoms with Crippen LogP contribution in [0.3, 0.4) is 0 Å². The number of ether oxygens (including phenoxy) is 1. The van der Waals surface area contributed by atoms with Crippen molar-refractivity contribution < 1.29 is 9.84 Å². The summed E-state index contributed by atoms with van der Waals surface area (Å²) in [5, 5.41) is 24.3. The normalized spacial score (nSPS) is 15.9. The molecule has 0 bridgehead atoms. The topological polar surface area (TPSA) is 104 Å². The number of hydrogen-bond donors (Lipinski definition) is 3. The maximum atomic E-state index is 10.6. The number of phenolic OH excluding ortho intramolecular Hbond substituents is 1. The van der Waals surface area contributed by atoms with Gasteiger partial charge in [0.15, 0.2) is 0 Å². The number of rotatable bonds is 5. The summed E-state index contributed by atoms with van der Waals surface area (Å²) in [5.74, 6) is 0.849. The number of phenols is 1. The number of aromatic hydroxyl groups is 1. The minimum atomic E-state index is 0.0398. The molecule has 1 aromatic heterocycles. The van der Waals surface area contributed by atoms with Crippen LogP contribution in [0.15, 0.2) is 48.5 Å². The molecule has 0 radical (unpaired) electrons. The van der Waals surface area contributed by atoms with Crippen LogP contribution in [0.4, 0.5) is 5.82 Å². The van der Waals surface area contributed by atoms with Gasteiger partial charge in [0.1, 0.15) is 30.0 Å². The maximum absolute atomic E-state index is 10.6. The van der Waals surface area contributed by atoms with Gasteiger partial charge in [-0.15, -0.1) is 0 Å². The van der Waals surface area contributed by atoms with Gasteiger partial charge in [0.2, 0.25) is 0 Å². The highest BCUT2D eigenvalue weighted by Gasteiger charge is 2.23. The van der Waals surface area contributed by atoms with E-state index >= 15 is 0 Å². The first-order chi connectivity index (χ1) is 15.1. The maximum Gasteiger partial charge on any atom is 0.142 e. The second-order valence-electron chi connectivity index (χ2n) is 7.58. The van der Waals surface area contributed by atoms with Gasteiger partial charge in [-0.25, -0.2) is 4.98 Å². The van der Waals surface area contributed by atoms with Crippen molar-refractivity contribution in [3.63, 3.8) is 0 Å². The number of benzene rings is 2. The van der Waals surface area contributed by atoms with Crippen molar-refractivity contribution >= 4 is 17.4 Å². The van der Waals surface area contributed by atoms with Gasteiger partial charge < -0.3 is 20.9 Å². The molecule has 2 heterocycles. The summed E-state index contributed by atoms with van der Waals surface area (Å²) >= 11 is 5.95. The lowest BCUT2D eigenvalue weighted by Gasteiger charge is -2.25. The van der Waals surface area contributed by atoms with E-state index in [9.17, 15) is 10.4 Å². The molecule has 7 heteroatoms. The minimum Gasteiger partial charge on any atom is -0.507 e. The fourth-order valence-corrected chi connectivity index (χ4v) is 4.04. The predicted molar refractivity (Wildman–Crippen MR) is 121 cm³/mol. The number of pyridine rings is 1. The van der Waals surface area contributed by atoms with Gasteiger partial charge in [-0.3, -0.25) is 0 Å². The number of nitrogens with zero attached hydrogens (tertiary/aromatic N) is 2. The van der Waals surface area contributed by atoms with Crippen molar-refractivity contribution in [2.75, 3.05) is 18.8 Å². The van der Waals surface area contributed by atoms with Crippen LogP contribution in [0.25, 0.3) is 11.3 Å². The zero-order valence-corrected chi connectivity index (χ0v) is 17.7. The van der Waals surface area contributed by atoms with Crippen LogP contribution in [0.1, 0.15) is 35.4 Å². The van der Waals surface area contributed by atoms with E-state index in [1.165, 1.54) is 0 Å². The summed E-state index contributed by atoms with van der Waals surface area (Å²) < 4.78 is 6.02. The van der Waals surface area contributed by atoms with E-state index in [4.69, 9.17) is 22.1 Å². The van der Waals surface area contributed by atoms with Gasteiger partial charge in [-0.2, -0.15) is 5.26 Å². The molecule has 2 aromatic carbocycles. The highest BCUT2D eigenvalue weighted by Crippen LogP contribution is 2.40. The molecule has 0 amide bonds. The molecule has 0 aliphatic carbocycles. The van der Waals surface area contributed by atoms with Crippen molar-refractivity contribution in [3.05, 3.63) is 70.2 Å². The molecule has 1 fully saturated rings. The number of piperidine rings is 1. The molecule has 4 rings (SSSR count). The lowest BCUT2D eigenvalue weighted by molar-refractivity contribution is 0.306. The second-order valence-corrected chi connectivity index (χ2v) is 8.01. The van der Waals surface area contributed by atoms with Crippen molar-refractivity contribution in [1.82, 2.24) is 10.3 Å². The Morgan fingerprint density at radius 2 is 2.06 bits per heavy atom. The number of nitrogen functional groups attached to an aromatic ring is 1. The highest BCUT2D eigenvalue weighted by atomic mass is 35.5. The van der Waals surface area contributed by atoms with Crippen molar-refractivity contribution in [2.45, 2.75) is 25.4 Å². The number of hydrogen-bond acceptors (Lipinski definition) is 6. The average molecular weight is 435 g/mol. The zero-order valence-electron chi connectivity index (χ0n) is 16.9. The predicted octanol–water partition coefficient (Wildman–Crippen LogP) is 4.61. The molecule has 1 unspecified atom stereocenters. The Labute approximate surface area is 186 Å². The summed E-state index contributed by atoms with van der Waals surface area (Å²) in [5.41, 5.74) is 9.31. The van der Waals surface area contributed by atoms with E-state index in [0.717, 1.165) is 37.1 Å². The molecule has 158 valence electrons. The lowest BCUT2D eigenvalue weighted by atomic mass is 9.88. The van der Waals surface area contributed by atoms with Gasteiger partial charge in [0.05, 0.1) is 16.8 Å². The molecule has 0 saturated carbocycles. The van der Waals surface area contributed by atoms with Crippen LogP contribution >= 0.6 is 11.6 Å². The Bertz CT molecular complexity index is 1120. The number of nitrogens with two attached hydrogens (primary N) is 1. The summed E-state index contributed by atoms with van der Waals surface area (Å²) in [6.07, 6.45) is 1.99. The first-order valence-electron chi connectivity index (χ1n) is 10.2. The first kappa shape index (κ1) is 21.0. The van der Waals surface area contributed by atoms with E-state index < -0.39 is 0 Å². The number of nitriles is 1. The molecule has 1 aliphatic heterocycles. The van der Waals surface area contributed by atoms with Crippen LogP contribution in [0, 0.1) is 11.3 Å². The smallest absolute Gasteiger partial charge is 0.142 e. The highest BCUT2D eigenvalue weighted by molar-refractivity contribution is 6.30. The van der Waals surface area contributed by atoms with Crippen molar-refractivity contribution in [3.8, 4) is 28.8 Å². The van der Waals surface area contributed by atoms with Gasteiger partial charge in [0, 0.05) is 11.6 Å². The first-order valence-corrected chi connectivity index (χ1v) is 10.6. The fraction of sp³-hybridized carbons (Fsp3) is 0.250. The number of nitrogens with one attached hydrogen (secondary N) is 1. The third-order valence-corrected chi connectivity index (χ3v) is 5.75. The number of halogens is 1. The standard InChI is InChI=1S/C24H23ClN4O2/c25-17-8-6-15(7-9-17)14-31-22-5-1-4-21(30)23(22)20-11-18(16-3-2-10-28-13-16)19(12-26)24(27)29-20/h1,4-9,11,16,28,30H,2-3,10,13-14H2,(H2,27,29). The third kappa shape index (κ3) is 4.58. The summed E-state index contributed by atoms with van der Waals surface area (Å²) in [6.45, 7) is 2.05. The summed E-state index contributed by atoms with van der Waals surface area (Å²) in [4.78, 5) is 4.44. The van der Waals surface area contributed by atoms with Crippen LogP contribution in [0.2, 0.25) is 5.02 Å². The molecule has 31 heavy (non-hydrogen) atoms. The van der Waals surface area contributed by atoms with Gasteiger partial charge in [-0.05, 0) is 66.8 Å². The second kappa shape index (κ2) is 9.25. The Morgan fingerprint density at radius 3 is 2.77 bits per heavy atom. The summed E-state index contributed by atoms with van der Waals surface area (Å²) in [6, 6.07) is 16.5. The zero-order chi connectivity index (χ0) is 21.8. The van der Waals surface area contributed by atoms with E-state index in [2.05, 4.69) is 16.4 Å². The van der Waals surface area contributed by atoms with E-state index in [0.29, 0.717) is 34.2 Å². The molecule has 4 N–H and O–H groups in total. The van der Waals surface area contributed by atoms with Gasteiger partial charge >= 0.3 is 0 Å². The Hall–Kier alpha value is -3.27.